The second-order valence-corrected chi connectivity index (χ2v) is 9.44. The third-order valence-corrected chi connectivity index (χ3v) is 6.46. The Labute approximate surface area is 207 Å². The highest BCUT2D eigenvalue weighted by Crippen LogP contribution is 2.34. The van der Waals surface area contributed by atoms with Crippen LogP contribution in [-0.2, 0) is 0 Å². The molecule has 1 saturated heterocycles. The topological polar surface area (TPSA) is 177 Å². The molecule has 0 radical (unpaired) electrons. The van der Waals surface area contributed by atoms with Crippen molar-refractivity contribution in [3.05, 3.63) is 54.0 Å². The van der Waals surface area contributed by atoms with Gasteiger partial charge in [-0.25, -0.2) is 9.97 Å². The summed E-state index contributed by atoms with van der Waals surface area (Å²) in [6.07, 6.45) is 3.87. The average Bonchev–Trinajstić information content (AvgIpc) is 3.30. The van der Waals surface area contributed by atoms with E-state index in [9.17, 15) is 4.79 Å². The number of rotatable bonds is 5. The van der Waals surface area contributed by atoms with Gasteiger partial charge in [0, 0.05) is 48.6 Å². The first-order valence-corrected chi connectivity index (χ1v) is 11.4. The molecular weight excluding hydrogens is 458 g/mol. The van der Waals surface area contributed by atoms with Crippen LogP contribution in [0.25, 0.3) is 16.9 Å². The molecule has 0 spiro atoms. The van der Waals surface area contributed by atoms with Gasteiger partial charge in [0.15, 0.2) is 17.2 Å². The summed E-state index contributed by atoms with van der Waals surface area (Å²) in [5.74, 6) is 1.03. The van der Waals surface area contributed by atoms with Crippen LogP contribution in [-0.4, -0.2) is 54.8 Å². The molecule has 4 aromatic heterocycles. The van der Waals surface area contributed by atoms with E-state index < -0.39 is 5.91 Å². The molecule has 0 bridgehead atoms. The predicted octanol–water partition coefficient (Wildman–Crippen LogP) is 1.85. The highest BCUT2D eigenvalue weighted by molar-refractivity contribution is 5.97. The van der Waals surface area contributed by atoms with Crippen LogP contribution in [0.5, 0.6) is 0 Å². The van der Waals surface area contributed by atoms with E-state index in [4.69, 9.17) is 21.8 Å². The maximum absolute atomic E-state index is 12.3. The predicted molar refractivity (Wildman–Crippen MR) is 134 cm³/mol. The molecule has 5 heterocycles. The quantitative estimate of drug-likeness (QED) is 0.379. The Hall–Kier alpha value is -4.79. The number of pyridine rings is 1. The summed E-state index contributed by atoms with van der Waals surface area (Å²) in [5, 5.41) is 25.4. The molecule has 1 fully saturated rings. The number of carbonyl (C=O) groups is 1. The van der Waals surface area contributed by atoms with Gasteiger partial charge in [-0.15, -0.1) is 10.2 Å². The first-order valence-electron chi connectivity index (χ1n) is 11.4. The lowest BCUT2D eigenvalue weighted by Crippen LogP contribution is -2.52. The largest absolute Gasteiger partial charge is 0.384 e. The minimum Gasteiger partial charge on any atom is -0.384 e. The number of nitrogens with zero attached hydrogens (tertiary/aromatic N) is 8. The molecule has 12 nitrogen and oxygen atoms in total. The number of nitrogen functional groups attached to an aromatic ring is 1. The third-order valence-electron chi connectivity index (χ3n) is 6.46. The first kappa shape index (κ1) is 23.0. The highest BCUT2D eigenvalue weighted by atomic mass is 16.1. The van der Waals surface area contributed by atoms with E-state index in [1.165, 1.54) is 6.20 Å². The zero-order chi connectivity index (χ0) is 25.4. The zero-order valence-electron chi connectivity index (χ0n) is 19.9. The van der Waals surface area contributed by atoms with E-state index in [-0.39, 0.29) is 22.7 Å². The number of primary amides is 1. The Morgan fingerprint density at radius 1 is 1.19 bits per heavy atom. The standard InChI is InChI=1S/C24H25N11O/c1-24(2)13-34(20-6-4-15(10-25)31-32-20)8-7-18(24)30-23-16(22(27)36)12-29-21-9-17(33-35(21)23)14-3-5-19(26)28-11-14/h3-6,9,11-12,18,30H,7-8,13H2,1-2H3,(H2,26,28)(H2,27,36)/t18-/m1/s1. The van der Waals surface area contributed by atoms with Gasteiger partial charge in [-0.2, -0.15) is 14.9 Å². The van der Waals surface area contributed by atoms with Crippen molar-refractivity contribution in [2.24, 2.45) is 11.1 Å². The van der Waals surface area contributed by atoms with Gasteiger partial charge in [0.25, 0.3) is 5.91 Å². The third kappa shape index (κ3) is 4.22. The molecule has 0 aliphatic carbocycles. The monoisotopic (exact) mass is 483 g/mol. The lowest BCUT2D eigenvalue weighted by atomic mass is 9.79. The van der Waals surface area contributed by atoms with Crippen molar-refractivity contribution in [1.82, 2.24) is 29.8 Å². The molecule has 12 heteroatoms. The van der Waals surface area contributed by atoms with E-state index in [0.717, 1.165) is 17.8 Å². The molecule has 36 heavy (non-hydrogen) atoms. The normalized spacial score (nSPS) is 17.0. The second-order valence-electron chi connectivity index (χ2n) is 9.44. The molecule has 0 saturated carbocycles. The summed E-state index contributed by atoms with van der Waals surface area (Å²) < 4.78 is 1.61. The number of amides is 1. The second kappa shape index (κ2) is 8.77. The molecule has 5 rings (SSSR count). The molecule has 1 atom stereocenters. The fraction of sp³-hybridized carbons (Fsp3) is 0.292. The van der Waals surface area contributed by atoms with Crippen LogP contribution >= 0.6 is 0 Å². The maximum atomic E-state index is 12.3. The Morgan fingerprint density at radius 3 is 2.67 bits per heavy atom. The number of hydrogen-bond acceptors (Lipinski definition) is 10. The summed E-state index contributed by atoms with van der Waals surface area (Å²) in [4.78, 5) is 23.0. The SMILES string of the molecule is CC1(C)CN(c2ccc(C#N)nn2)CC[C@H]1Nc1c(C(N)=O)cnc2cc(-c3ccc(N)nc3)nn12. The molecule has 182 valence electrons. The van der Waals surface area contributed by atoms with Crippen LogP contribution in [0, 0.1) is 16.7 Å². The fourth-order valence-corrected chi connectivity index (χ4v) is 4.49. The number of nitrogens with one attached hydrogen (secondary N) is 1. The number of hydrogen-bond donors (Lipinski definition) is 3. The van der Waals surface area contributed by atoms with E-state index >= 15 is 0 Å². The summed E-state index contributed by atoms with van der Waals surface area (Å²) in [7, 11) is 0. The van der Waals surface area contributed by atoms with Crippen LogP contribution in [0.2, 0.25) is 0 Å². The Kier molecular flexibility index (Phi) is 5.60. The van der Waals surface area contributed by atoms with Crippen molar-refractivity contribution in [2.75, 3.05) is 29.0 Å². The Balaban J connectivity index is 1.46. The summed E-state index contributed by atoms with van der Waals surface area (Å²) >= 11 is 0. The van der Waals surface area contributed by atoms with E-state index in [1.54, 1.807) is 22.8 Å². The summed E-state index contributed by atoms with van der Waals surface area (Å²) in [6.45, 7) is 5.69. The van der Waals surface area contributed by atoms with Crippen molar-refractivity contribution in [2.45, 2.75) is 26.3 Å². The lowest BCUT2D eigenvalue weighted by molar-refractivity contribution is 0.1000. The molecule has 4 aromatic rings. The number of carbonyl (C=O) groups excluding carboxylic acids is 1. The zero-order valence-corrected chi connectivity index (χ0v) is 19.9. The van der Waals surface area contributed by atoms with Gasteiger partial charge in [-0.05, 0) is 30.7 Å². The van der Waals surface area contributed by atoms with Crippen molar-refractivity contribution in [1.29, 1.82) is 5.26 Å². The Bertz CT molecular complexity index is 1470. The molecule has 0 unspecified atom stereocenters. The summed E-state index contributed by atoms with van der Waals surface area (Å²) in [5.41, 5.74) is 13.7. The van der Waals surface area contributed by atoms with Crippen molar-refractivity contribution >= 4 is 29.0 Å². The van der Waals surface area contributed by atoms with E-state index in [1.807, 2.05) is 24.3 Å². The first-order chi connectivity index (χ1) is 17.2. The number of nitrogens with two attached hydrogens (primary N) is 2. The van der Waals surface area contributed by atoms with E-state index in [2.05, 4.69) is 44.2 Å². The molecule has 0 aromatic carbocycles. The van der Waals surface area contributed by atoms with Crippen LogP contribution in [0.3, 0.4) is 0 Å². The smallest absolute Gasteiger partial charge is 0.254 e. The van der Waals surface area contributed by atoms with Crippen molar-refractivity contribution in [3.8, 4) is 17.3 Å². The number of aromatic nitrogens is 6. The molecular formula is C24H25N11O. The molecule has 1 aliphatic heterocycles. The fourth-order valence-electron chi connectivity index (χ4n) is 4.49. The number of fused-ring (bicyclic) bond motifs is 1. The molecule has 1 aliphatic rings. The van der Waals surface area contributed by atoms with Gasteiger partial charge in [0.1, 0.15) is 17.7 Å². The van der Waals surface area contributed by atoms with Gasteiger partial charge in [0.05, 0.1) is 11.3 Å². The van der Waals surface area contributed by atoms with Gasteiger partial charge in [-0.1, -0.05) is 13.8 Å². The number of piperidine rings is 1. The van der Waals surface area contributed by atoms with Gasteiger partial charge in [0.2, 0.25) is 0 Å². The maximum Gasteiger partial charge on any atom is 0.254 e. The lowest BCUT2D eigenvalue weighted by Gasteiger charge is -2.45. The minimum absolute atomic E-state index is 0.00497. The van der Waals surface area contributed by atoms with Crippen molar-refractivity contribution in [3.63, 3.8) is 0 Å². The summed E-state index contributed by atoms with van der Waals surface area (Å²) in [6, 6.07) is 10.8. The Morgan fingerprint density at radius 2 is 2.03 bits per heavy atom. The van der Waals surface area contributed by atoms with Crippen molar-refractivity contribution < 1.29 is 4.79 Å². The minimum atomic E-state index is -0.596. The van der Waals surface area contributed by atoms with E-state index in [0.29, 0.717) is 36.1 Å². The molecule has 1 amide bonds. The van der Waals surface area contributed by atoms with Crippen LogP contribution < -0.4 is 21.7 Å². The van der Waals surface area contributed by atoms with Gasteiger partial charge < -0.3 is 21.7 Å². The van der Waals surface area contributed by atoms with Crippen LogP contribution in [0.1, 0.15) is 36.3 Å². The van der Waals surface area contributed by atoms with Gasteiger partial charge in [-0.3, -0.25) is 4.79 Å². The number of nitriles is 1. The van der Waals surface area contributed by atoms with Crippen LogP contribution in [0.4, 0.5) is 17.5 Å². The number of anilines is 3. The average molecular weight is 484 g/mol. The van der Waals surface area contributed by atoms with Crippen LogP contribution in [0.15, 0.2) is 42.7 Å². The highest BCUT2D eigenvalue weighted by Gasteiger charge is 2.37. The van der Waals surface area contributed by atoms with Gasteiger partial charge >= 0.3 is 0 Å². The molecule has 5 N–H and O–H groups in total.